The summed E-state index contributed by atoms with van der Waals surface area (Å²) in [6.07, 6.45) is 2.76. The minimum Gasteiger partial charge on any atom is -0.394 e. The molecule has 0 bridgehead atoms. The molecule has 2 heterocycles. The molecule has 6 nitrogen and oxygen atoms in total. The van der Waals surface area contributed by atoms with E-state index < -0.39 is 0 Å². The van der Waals surface area contributed by atoms with Crippen molar-refractivity contribution in [3.63, 3.8) is 0 Å². The van der Waals surface area contributed by atoms with Crippen LogP contribution in [0.5, 0.6) is 0 Å². The first-order chi connectivity index (χ1) is 9.55. The van der Waals surface area contributed by atoms with Gasteiger partial charge in [0.1, 0.15) is 0 Å². The molecule has 1 aromatic heterocycles. The third-order valence-corrected chi connectivity index (χ3v) is 3.76. The van der Waals surface area contributed by atoms with Gasteiger partial charge in [0, 0.05) is 13.1 Å². The number of ether oxygens (including phenoxy) is 1. The predicted octanol–water partition coefficient (Wildman–Crippen LogP) is 1.07. The number of morpholine rings is 1. The molecule has 0 saturated carbocycles. The van der Waals surface area contributed by atoms with Crippen molar-refractivity contribution >= 4 is 29.3 Å². The van der Waals surface area contributed by atoms with Crippen LogP contribution in [0.3, 0.4) is 0 Å². The van der Waals surface area contributed by atoms with Gasteiger partial charge in [0.15, 0.2) is 10.9 Å². The Bertz CT molecular complexity index is 503. The third-order valence-electron chi connectivity index (χ3n) is 2.92. The topological polar surface area (TPSA) is 75.6 Å². The zero-order valence-corrected chi connectivity index (χ0v) is 12.8. The first kappa shape index (κ1) is 15.5. The SMILES string of the molecule is CSc1ncc(Cl)c(C(=O)N2CC(C)OC(CO)C2)n1. The summed E-state index contributed by atoms with van der Waals surface area (Å²) in [5.41, 5.74) is 0.191. The fourth-order valence-electron chi connectivity index (χ4n) is 2.06. The van der Waals surface area contributed by atoms with Gasteiger partial charge in [-0.25, -0.2) is 9.97 Å². The molecule has 1 aliphatic heterocycles. The summed E-state index contributed by atoms with van der Waals surface area (Å²) in [6, 6.07) is 0. The highest BCUT2D eigenvalue weighted by Gasteiger charge is 2.30. The highest BCUT2D eigenvalue weighted by molar-refractivity contribution is 7.98. The molecule has 1 aliphatic rings. The lowest BCUT2D eigenvalue weighted by Gasteiger charge is -2.35. The van der Waals surface area contributed by atoms with E-state index in [4.69, 9.17) is 16.3 Å². The Hall–Kier alpha value is -0.890. The number of aliphatic hydroxyl groups is 1. The van der Waals surface area contributed by atoms with E-state index in [2.05, 4.69) is 9.97 Å². The van der Waals surface area contributed by atoms with Gasteiger partial charge in [0.05, 0.1) is 30.0 Å². The van der Waals surface area contributed by atoms with Crippen molar-refractivity contribution in [3.05, 3.63) is 16.9 Å². The van der Waals surface area contributed by atoms with Gasteiger partial charge in [-0.05, 0) is 13.2 Å². The molecule has 20 heavy (non-hydrogen) atoms. The molecule has 0 aromatic carbocycles. The Kier molecular flexibility index (Phi) is 5.20. The third kappa shape index (κ3) is 3.41. The number of aromatic nitrogens is 2. The van der Waals surface area contributed by atoms with Crippen molar-refractivity contribution in [1.29, 1.82) is 0 Å². The zero-order valence-electron chi connectivity index (χ0n) is 11.2. The van der Waals surface area contributed by atoms with E-state index in [9.17, 15) is 9.90 Å². The van der Waals surface area contributed by atoms with Crippen molar-refractivity contribution in [2.75, 3.05) is 26.0 Å². The number of carbonyl (C=O) groups is 1. The smallest absolute Gasteiger partial charge is 0.274 e. The molecule has 1 N–H and O–H groups in total. The number of hydrogen-bond donors (Lipinski definition) is 1. The highest BCUT2D eigenvalue weighted by Crippen LogP contribution is 2.20. The summed E-state index contributed by atoms with van der Waals surface area (Å²) in [7, 11) is 0. The Morgan fingerprint density at radius 3 is 3.05 bits per heavy atom. The monoisotopic (exact) mass is 317 g/mol. The summed E-state index contributed by atoms with van der Waals surface area (Å²) in [6.45, 7) is 2.51. The lowest BCUT2D eigenvalue weighted by molar-refractivity contribution is -0.0859. The number of halogens is 1. The van der Waals surface area contributed by atoms with Gasteiger partial charge < -0.3 is 14.7 Å². The Labute approximate surface area is 126 Å². The van der Waals surface area contributed by atoms with E-state index in [1.54, 1.807) is 4.90 Å². The number of aliphatic hydroxyl groups excluding tert-OH is 1. The predicted molar refractivity (Wildman–Crippen MR) is 76.1 cm³/mol. The second kappa shape index (κ2) is 6.71. The number of rotatable bonds is 3. The Morgan fingerprint density at radius 2 is 2.40 bits per heavy atom. The first-order valence-electron chi connectivity index (χ1n) is 6.17. The molecule has 1 aromatic rings. The average Bonchev–Trinajstić information content (AvgIpc) is 2.46. The van der Waals surface area contributed by atoms with E-state index >= 15 is 0 Å². The summed E-state index contributed by atoms with van der Waals surface area (Å²) >= 11 is 7.36. The van der Waals surface area contributed by atoms with Gasteiger partial charge >= 0.3 is 0 Å². The van der Waals surface area contributed by atoms with Gasteiger partial charge in [-0.3, -0.25) is 4.79 Å². The molecular formula is C12H16ClN3O3S. The molecule has 2 unspecified atom stereocenters. The molecule has 0 spiro atoms. The molecule has 1 saturated heterocycles. The van der Waals surface area contributed by atoms with Gasteiger partial charge in [0.2, 0.25) is 0 Å². The molecule has 2 rings (SSSR count). The van der Waals surface area contributed by atoms with Crippen molar-refractivity contribution in [1.82, 2.24) is 14.9 Å². The summed E-state index contributed by atoms with van der Waals surface area (Å²) in [5.74, 6) is -0.263. The van der Waals surface area contributed by atoms with E-state index in [1.807, 2.05) is 13.2 Å². The lowest BCUT2D eigenvalue weighted by Crippen LogP contribution is -2.50. The van der Waals surface area contributed by atoms with Gasteiger partial charge in [-0.1, -0.05) is 23.4 Å². The maximum absolute atomic E-state index is 12.5. The lowest BCUT2D eigenvalue weighted by atomic mass is 10.2. The van der Waals surface area contributed by atoms with E-state index in [-0.39, 0.29) is 35.4 Å². The van der Waals surface area contributed by atoms with Crippen molar-refractivity contribution in [2.24, 2.45) is 0 Å². The van der Waals surface area contributed by atoms with Crippen LogP contribution in [0.2, 0.25) is 5.02 Å². The van der Waals surface area contributed by atoms with E-state index in [0.29, 0.717) is 18.2 Å². The summed E-state index contributed by atoms with van der Waals surface area (Å²) < 4.78 is 5.51. The molecule has 110 valence electrons. The fourth-order valence-corrected chi connectivity index (χ4v) is 2.57. The van der Waals surface area contributed by atoms with Gasteiger partial charge in [-0.2, -0.15) is 0 Å². The van der Waals surface area contributed by atoms with Crippen LogP contribution in [0.1, 0.15) is 17.4 Å². The molecule has 2 atom stereocenters. The second-order valence-corrected chi connectivity index (χ2v) is 5.70. The zero-order chi connectivity index (χ0) is 14.7. The standard InChI is InChI=1S/C12H16ClN3O3S/c1-7-4-16(5-8(6-17)19-7)11(18)10-9(13)3-14-12(15-10)20-2/h3,7-8,17H,4-6H2,1-2H3. The van der Waals surface area contributed by atoms with E-state index in [0.717, 1.165) is 0 Å². The molecule has 0 radical (unpaired) electrons. The Balaban J connectivity index is 2.22. The van der Waals surface area contributed by atoms with Crippen LogP contribution >= 0.6 is 23.4 Å². The van der Waals surface area contributed by atoms with Crippen molar-refractivity contribution < 1.29 is 14.6 Å². The maximum atomic E-state index is 12.5. The Morgan fingerprint density at radius 1 is 1.65 bits per heavy atom. The molecule has 1 fully saturated rings. The van der Waals surface area contributed by atoms with Crippen LogP contribution in [-0.2, 0) is 4.74 Å². The molecular weight excluding hydrogens is 302 g/mol. The number of amides is 1. The minimum atomic E-state index is -0.372. The molecule has 1 amide bonds. The van der Waals surface area contributed by atoms with Crippen molar-refractivity contribution in [3.8, 4) is 0 Å². The van der Waals surface area contributed by atoms with Crippen molar-refractivity contribution in [2.45, 2.75) is 24.3 Å². The average molecular weight is 318 g/mol. The number of carbonyl (C=O) groups excluding carboxylic acids is 1. The highest BCUT2D eigenvalue weighted by atomic mass is 35.5. The minimum absolute atomic E-state index is 0.123. The normalized spacial score (nSPS) is 22.9. The quantitative estimate of drug-likeness (QED) is 0.664. The van der Waals surface area contributed by atoms with Crippen LogP contribution < -0.4 is 0 Å². The number of thioether (sulfide) groups is 1. The maximum Gasteiger partial charge on any atom is 0.274 e. The van der Waals surface area contributed by atoms with Crippen LogP contribution in [-0.4, -0.2) is 64.0 Å². The molecule has 8 heteroatoms. The first-order valence-corrected chi connectivity index (χ1v) is 7.77. The number of nitrogens with zero attached hydrogens (tertiary/aromatic N) is 3. The van der Waals surface area contributed by atoms with Crippen LogP contribution in [0.15, 0.2) is 11.4 Å². The van der Waals surface area contributed by atoms with E-state index in [1.165, 1.54) is 18.0 Å². The van der Waals surface area contributed by atoms with Crippen LogP contribution in [0.4, 0.5) is 0 Å². The summed E-state index contributed by atoms with van der Waals surface area (Å²) in [4.78, 5) is 22.3. The number of hydrogen-bond acceptors (Lipinski definition) is 6. The largest absolute Gasteiger partial charge is 0.394 e. The molecule has 0 aliphatic carbocycles. The van der Waals surface area contributed by atoms with Crippen LogP contribution in [0.25, 0.3) is 0 Å². The second-order valence-electron chi connectivity index (χ2n) is 4.51. The fraction of sp³-hybridized carbons (Fsp3) is 0.583. The van der Waals surface area contributed by atoms with Crippen LogP contribution in [0, 0.1) is 0 Å². The van der Waals surface area contributed by atoms with Gasteiger partial charge in [0.25, 0.3) is 5.91 Å². The van der Waals surface area contributed by atoms with Gasteiger partial charge in [-0.15, -0.1) is 0 Å². The summed E-state index contributed by atoms with van der Waals surface area (Å²) in [5, 5.41) is 9.92.